The summed E-state index contributed by atoms with van der Waals surface area (Å²) >= 11 is 0. The van der Waals surface area contributed by atoms with Crippen LogP contribution in [0.3, 0.4) is 0 Å². The second-order valence-electron chi connectivity index (χ2n) is 3.74. The molecule has 1 radical (unpaired) electrons. The van der Waals surface area contributed by atoms with Crippen molar-refractivity contribution < 1.29 is 19.6 Å². The van der Waals surface area contributed by atoms with Crippen LogP contribution < -0.4 is 17.2 Å². The van der Waals surface area contributed by atoms with Crippen molar-refractivity contribution in [2.75, 3.05) is 0 Å². The van der Waals surface area contributed by atoms with Crippen LogP contribution in [0, 0.1) is 30.3 Å². The summed E-state index contributed by atoms with van der Waals surface area (Å²) in [6, 6.07) is -2.42. The number of carbonyl (C=O) groups excluding carboxylic acids is 1. The summed E-state index contributed by atoms with van der Waals surface area (Å²) < 4.78 is 0. The van der Waals surface area contributed by atoms with Crippen molar-refractivity contribution in [3.05, 3.63) is 53.1 Å². The van der Waals surface area contributed by atoms with E-state index in [1.54, 1.807) is 0 Å². The molecule has 0 aromatic carbocycles. The molecule has 0 saturated heterocycles. The monoisotopic (exact) mass is 287 g/mol. The molecule has 13 heteroatoms. The molecule has 0 aromatic rings. The molecule has 2 atom stereocenters. The van der Waals surface area contributed by atoms with Crippen LogP contribution in [0.4, 0.5) is 0 Å². The maximum atomic E-state index is 10.9. The van der Waals surface area contributed by atoms with Crippen molar-refractivity contribution in [2.45, 2.75) is 11.6 Å². The molecule has 6 N–H and O–H groups in total. The number of nitro groups is 3. The third kappa shape index (κ3) is 1.81. The number of nitrogens with two attached hydrogens (primary N) is 3. The molecule has 0 spiro atoms. The third-order valence-electron chi connectivity index (χ3n) is 2.65. The number of rotatable bonds is 4. The first-order valence-electron chi connectivity index (χ1n) is 4.70. The molecule has 13 nitrogen and oxygen atoms in total. The van der Waals surface area contributed by atoms with E-state index < -0.39 is 49.1 Å². The van der Waals surface area contributed by atoms with Gasteiger partial charge in [-0.3, -0.25) is 35.1 Å². The van der Waals surface area contributed by atoms with Gasteiger partial charge in [0, 0.05) is 4.92 Å². The molecule has 0 aliphatic heterocycles. The van der Waals surface area contributed by atoms with E-state index in [4.69, 9.17) is 17.2 Å². The van der Waals surface area contributed by atoms with Crippen molar-refractivity contribution in [1.29, 1.82) is 0 Å². The standard InChI is InChI=1S/C7H7N6O7/c8-2-4(11(15)16)3(9)6(13(19)20)7(10,1-14)5(2)12(17)18/h5H,8-10H2. The van der Waals surface area contributed by atoms with Gasteiger partial charge >= 0.3 is 11.4 Å². The lowest BCUT2D eigenvalue weighted by molar-refractivity contribution is -0.533. The Morgan fingerprint density at radius 2 is 1.60 bits per heavy atom. The molecule has 0 aromatic heterocycles. The van der Waals surface area contributed by atoms with Gasteiger partial charge in [0.25, 0.3) is 11.6 Å². The first-order valence-corrected chi connectivity index (χ1v) is 4.70. The van der Waals surface area contributed by atoms with Gasteiger partial charge in [0.05, 0.1) is 9.85 Å². The zero-order valence-electron chi connectivity index (χ0n) is 9.51. The fourth-order valence-corrected chi connectivity index (χ4v) is 1.83. The van der Waals surface area contributed by atoms with Gasteiger partial charge in [0.1, 0.15) is 0 Å². The molecule has 0 fully saturated rings. The lowest BCUT2D eigenvalue weighted by Gasteiger charge is -2.26. The highest BCUT2D eigenvalue weighted by atomic mass is 16.6. The summed E-state index contributed by atoms with van der Waals surface area (Å²) in [5, 5.41) is 32.6. The largest absolute Gasteiger partial charge is 0.391 e. The van der Waals surface area contributed by atoms with E-state index in [0.717, 1.165) is 6.29 Å². The molecule has 107 valence electrons. The van der Waals surface area contributed by atoms with Crippen LogP contribution in [0.1, 0.15) is 0 Å². The van der Waals surface area contributed by atoms with Crippen molar-refractivity contribution in [3.63, 3.8) is 0 Å². The molecule has 0 bridgehead atoms. The molecule has 0 saturated carbocycles. The minimum Gasteiger partial charge on any atom is -0.391 e. The second kappa shape index (κ2) is 4.54. The number of hydrogen-bond donors (Lipinski definition) is 3. The van der Waals surface area contributed by atoms with Gasteiger partial charge in [-0.2, -0.15) is 0 Å². The van der Waals surface area contributed by atoms with E-state index in [-0.39, 0.29) is 0 Å². The quantitative estimate of drug-likeness (QED) is 0.359. The zero-order chi connectivity index (χ0) is 15.8. The van der Waals surface area contributed by atoms with Crippen molar-refractivity contribution in [1.82, 2.24) is 0 Å². The van der Waals surface area contributed by atoms with Gasteiger partial charge in [-0.1, -0.05) is 0 Å². The van der Waals surface area contributed by atoms with E-state index >= 15 is 0 Å². The first kappa shape index (κ1) is 15.0. The van der Waals surface area contributed by atoms with Crippen molar-refractivity contribution >= 4 is 6.29 Å². The summed E-state index contributed by atoms with van der Waals surface area (Å²) in [5.74, 6) is 0. The van der Waals surface area contributed by atoms with Crippen LogP contribution in [0.15, 0.2) is 22.8 Å². The van der Waals surface area contributed by atoms with Crippen molar-refractivity contribution in [3.8, 4) is 0 Å². The molecule has 1 rings (SSSR count). The molecule has 2 unspecified atom stereocenters. The Hall–Kier alpha value is -3.09. The molecule has 1 aliphatic rings. The summed E-state index contributed by atoms with van der Waals surface area (Å²) in [6.45, 7) is 0. The van der Waals surface area contributed by atoms with Crippen LogP contribution >= 0.6 is 0 Å². The summed E-state index contributed by atoms with van der Waals surface area (Å²) in [7, 11) is 0. The Morgan fingerprint density at radius 1 is 1.10 bits per heavy atom. The summed E-state index contributed by atoms with van der Waals surface area (Å²) in [5.41, 5.74) is 8.01. The van der Waals surface area contributed by atoms with E-state index in [2.05, 4.69) is 0 Å². The Bertz CT molecular complexity index is 594. The smallest absolute Gasteiger partial charge is 0.324 e. The van der Waals surface area contributed by atoms with Crippen LogP contribution in [-0.2, 0) is 4.79 Å². The summed E-state index contributed by atoms with van der Waals surface area (Å²) in [6.07, 6.45) is 0.933. The fraction of sp³-hybridized carbons (Fsp3) is 0.286. The topological polar surface area (TPSA) is 225 Å². The minimum absolute atomic E-state index is 0.933. The lowest BCUT2D eigenvalue weighted by Crippen LogP contribution is -2.63. The van der Waals surface area contributed by atoms with E-state index in [1.807, 2.05) is 0 Å². The molecule has 20 heavy (non-hydrogen) atoms. The van der Waals surface area contributed by atoms with Gasteiger partial charge in [-0.15, -0.1) is 0 Å². The van der Waals surface area contributed by atoms with E-state index in [1.165, 1.54) is 0 Å². The lowest BCUT2D eigenvalue weighted by atomic mass is 9.81. The number of nitrogens with zero attached hydrogens (tertiary/aromatic N) is 3. The highest BCUT2D eigenvalue weighted by molar-refractivity contribution is 5.74. The molecular weight excluding hydrogens is 280 g/mol. The van der Waals surface area contributed by atoms with Crippen LogP contribution in [0.2, 0.25) is 0 Å². The average Bonchev–Trinajstić information content (AvgIpc) is 2.26. The van der Waals surface area contributed by atoms with E-state index in [0.29, 0.717) is 0 Å². The Kier molecular flexibility index (Phi) is 3.40. The molecular formula is C7H7N6O7. The molecule has 1 aliphatic carbocycles. The predicted octanol–water partition coefficient (Wildman–Crippen LogP) is -2.65. The van der Waals surface area contributed by atoms with Crippen LogP contribution in [-0.4, -0.2) is 32.6 Å². The Balaban J connectivity index is 3.84. The molecule has 0 amide bonds. The highest BCUT2D eigenvalue weighted by Gasteiger charge is 2.63. The van der Waals surface area contributed by atoms with Gasteiger partial charge in [0.15, 0.2) is 11.4 Å². The SMILES string of the molecule is NC1=C([N+](=O)[O-])C(N)([C]=O)C([N+](=O)[O-])C(N)=C1[N+](=O)[O-]. The van der Waals surface area contributed by atoms with Crippen LogP contribution in [0.5, 0.6) is 0 Å². The van der Waals surface area contributed by atoms with E-state index in [9.17, 15) is 35.1 Å². The van der Waals surface area contributed by atoms with Crippen molar-refractivity contribution in [2.24, 2.45) is 17.2 Å². The molecule has 0 heterocycles. The van der Waals surface area contributed by atoms with Gasteiger partial charge in [-0.05, 0) is 0 Å². The maximum Gasteiger partial charge on any atom is 0.324 e. The minimum atomic E-state index is -2.93. The Morgan fingerprint density at radius 3 is 1.90 bits per heavy atom. The predicted molar refractivity (Wildman–Crippen MR) is 59.8 cm³/mol. The first-order chi connectivity index (χ1) is 9.09. The van der Waals surface area contributed by atoms with Gasteiger partial charge in [0.2, 0.25) is 6.29 Å². The second-order valence-corrected chi connectivity index (χ2v) is 3.74. The maximum absolute atomic E-state index is 10.9. The average molecular weight is 287 g/mol. The Labute approximate surface area is 109 Å². The van der Waals surface area contributed by atoms with Gasteiger partial charge in [-0.25, -0.2) is 0 Å². The third-order valence-corrected chi connectivity index (χ3v) is 2.65. The zero-order valence-corrected chi connectivity index (χ0v) is 9.51. The van der Waals surface area contributed by atoms with Gasteiger partial charge < -0.3 is 17.2 Å². The fourth-order valence-electron chi connectivity index (χ4n) is 1.83. The summed E-state index contributed by atoms with van der Waals surface area (Å²) in [4.78, 5) is 39.7. The normalized spacial score (nSPS) is 26.4. The highest BCUT2D eigenvalue weighted by Crippen LogP contribution is 2.33. The number of hydrogen-bond acceptors (Lipinski definition) is 10. The van der Waals surface area contributed by atoms with Crippen LogP contribution in [0.25, 0.3) is 0 Å².